The molecule has 144 valence electrons. The lowest BCUT2D eigenvalue weighted by Crippen LogP contribution is -2.44. The van der Waals surface area contributed by atoms with E-state index in [1.54, 1.807) is 13.8 Å². The first kappa shape index (κ1) is 21.5. The lowest BCUT2D eigenvalue weighted by Gasteiger charge is -2.22. The van der Waals surface area contributed by atoms with Crippen LogP contribution < -0.4 is 10.6 Å². The fourth-order valence-corrected chi connectivity index (χ4v) is 2.71. The van der Waals surface area contributed by atoms with Crippen molar-refractivity contribution < 1.29 is 8.42 Å². The Bertz CT molecular complexity index is 720. The minimum absolute atomic E-state index is 0.140. The molecular weight excluding hydrogens is 338 g/mol. The summed E-state index contributed by atoms with van der Waals surface area (Å²) in [6.07, 6.45) is 2.07. The minimum Gasteiger partial charge on any atom is -0.357 e. The molecule has 8 heteroatoms. The molecule has 1 rings (SSSR count). The van der Waals surface area contributed by atoms with Gasteiger partial charge in [-0.2, -0.15) is 5.10 Å². The second-order valence-electron chi connectivity index (χ2n) is 7.25. The monoisotopic (exact) mass is 371 g/mol. The van der Waals surface area contributed by atoms with E-state index in [-0.39, 0.29) is 12.6 Å². The highest BCUT2D eigenvalue weighted by Gasteiger charge is 2.30. The van der Waals surface area contributed by atoms with Crippen molar-refractivity contribution in [3.8, 4) is 0 Å². The zero-order chi connectivity index (χ0) is 19.4. The molecule has 1 aromatic heterocycles. The van der Waals surface area contributed by atoms with Crippen LogP contribution in [0.15, 0.2) is 4.99 Å². The Morgan fingerprint density at radius 1 is 1.36 bits per heavy atom. The highest BCUT2D eigenvalue weighted by molar-refractivity contribution is 7.92. The van der Waals surface area contributed by atoms with Gasteiger partial charge in [-0.3, -0.25) is 9.67 Å². The summed E-state index contributed by atoms with van der Waals surface area (Å²) in [6.45, 7) is 12.5. The number of guanidine groups is 1. The van der Waals surface area contributed by atoms with E-state index in [0.717, 1.165) is 17.8 Å². The number of nitrogens with one attached hydrogen (secondary N) is 2. The summed E-state index contributed by atoms with van der Waals surface area (Å²) >= 11 is 0. The highest BCUT2D eigenvalue weighted by atomic mass is 32.2. The zero-order valence-corrected chi connectivity index (χ0v) is 17.6. The number of aliphatic imine (C=N–C) groups is 1. The van der Waals surface area contributed by atoms with Gasteiger partial charge in [0.2, 0.25) is 0 Å². The Balaban J connectivity index is 2.85. The number of nitrogens with zero attached hydrogens (tertiary/aromatic N) is 3. The van der Waals surface area contributed by atoms with Gasteiger partial charge in [0.25, 0.3) is 0 Å². The highest BCUT2D eigenvalue weighted by Crippen LogP contribution is 2.16. The molecule has 1 unspecified atom stereocenters. The maximum Gasteiger partial charge on any atom is 0.191 e. The Hall–Kier alpha value is -1.57. The van der Waals surface area contributed by atoms with Crippen molar-refractivity contribution in [2.45, 2.75) is 58.8 Å². The molecule has 0 saturated carbocycles. The number of hydrogen-bond acceptors (Lipinski definition) is 4. The molecular formula is C17H33N5O2S. The third kappa shape index (κ3) is 5.73. The topological polar surface area (TPSA) is 88.4 Å². The van der Waals surface area contributed by atoms with Gasteiger partial charge in [0.05, 0.1) is 17.0 Å². The van der Waals surface area contributed by atoms with Crippen LogP contribution in [-0.4, -0.2) is 54.3 Å². The predicted octanol–water partition coefficient (Wildman–Crippen LogP) is 1.35. The molecule has 0 aliphatic heterocycles. The molecule has 0 radical (unpaired) electrons. The minimum atomic E-state index is -3.17. The average Bonchev–Trinajstić information content (AvgIpc) is 2.70. The average molecular weight is 372 g/mol. The Morgan fingerprint density at radius 3 is 2.40 bits per heavy atom. The van der Waals surface area contributed by atoms with Crippen molar-refractivity contribution in [1.29, 1.82) is 0 Å². The molecule has 0 fully saturated rings. The molecule has 0 spiro atoms. The quantitative estimate of drug-likeness (QED) is 0.558. The molecule has 0 aromatic carbocycles. The largest absolute Gasteiger partial charge is 0.357 e. The Labute approximate surface area is 152 Å². The summed E-state index contributed by atoms with van der Waals surface area (Å²) in [7, 11) is -1.22. The van der Waals surface area contributed by atoms with Crippen LogP contribution in [0.25, 0.3) is 0 Å². The maximum absolute atomic E-state index is 11.8. The number of aromatic nitrogens is 2. The van der Waals surface area contributed by atoms with Crippen LogP contribution in [0.4, 0.5) is 0 Å². The van der Waals surface area contributed by atoms with Crippen LogP contribution in [0.3, 0.4) is 0 Å². The van der Waals surface area contributed by atoms with E-state index in [9.17, 15) is 8.42 Å². The van der Waals surface area contributed by atoms with Gasteiger partial charge in [-0.05, 0) is 53.5 Å². The first-order valence-electron chi connectivity index (χ1n) is 8.62. The summed E-state index contributed by atoms with van der Waals surface area (Å²) in [6, 6.07) is 0.140. The standard InChI is InChI=1S/C17H33N5O2S/c1-9-18-16(19-11-17(5,6)25(8,23)24)20-12(2)10-15-13(3)21-22(7)14(15)4/h12H,9-11H2,1-8H3,(H2,18,19,20). The van der Waals surface area contributed by atoms with Gasteiger partial charge in [-0.15, -0.1) is 0 Å². The number of aryl methyl sites for hydroxylation is 2. The Morgan fingerprint density at radius 2 is 1.96 bits per heavy atom. The predicted molar refractivity (Wildman–Crippen MR) is 104 cm³/mol. The second kappa shape index (κ2) is 8.21. The van der Waals surface area contributed by atoms with E-state index in [1.165, 1.54) is 11.8 Å². The van der Waals surface area contributed by atoms with Crippen LogP contribution >= 0.6 is 0 Å². The summed E-state index contributed by atoms with van der Waals surface area (Å²) in [5.41, 5.74) is 3.43. The van der Waals surface area contributed by atoms with E-state index in [4.69, 9.17) is 0 Å². The first-order valence-corrected chi connectivity index (χ1v) is 10.5. The molecule has 0 bridgehead atoms. The molecule has 2 N–H and O–H groups in total. The molecule has 25 heavy (non-hydrogen) atoms. The SMILES string of the molecule is CCNC(=NCC(C)(C)S(C)(=O)=O)NC(C)Cc1c(C)nn(C)c1C. The number of hydrogen-bond donors (Lipinski definition) is 2. The first-order chi connectivity index (χ1) is 11.4. The van der Waals surface area contributed by atoms with Crippen molar-refractivity contribution in [3.63, 3.8) is 0 Å². The van der Waals surface area contributed by atoms with E-state index in [1.807, 2.05) is 25.6 Å². The smallest absolute Gasteiger partial charge is 0.191 e. The zero-order valence-electron chi connectivity index (χ0n) is 16.8. The lowest BCUT2D eigenvalue weighted by molar-refractivity contribution is 0.553. The van der Waals surface area contributed by atoms with Crippen LogP contribution in [-0.2, 0) is 23.3 Å². The van der Waals surface area contributed by atoms with Gasteiger partial charge in [0.1, 0.15) is 0 Å². The van der Waals surface area contributed by atoms with Crippen molar-refractivity contribution in [2.75, 3.05) is 19.3 Å². The third-order valence-corrected chi connectivity index (χ3v) is 6.65. The molecule has 7 nitrogen and oxygen atoms in total. The fourth-order valence-electron chi connectivity index (χ4n) is 2.41. The van der Waals surface area contributed by atoms with Crippen LogP contribution in [0, 0.1) is 13.8 Å². The van der Waals surface area contributed by atoms with Crippen molar-refractivity contribution in [3.05, 3.63) is 17.0 Å². The molecule has 1 heterocycles. The molecule has 1 atom stereocenters. The molecule has 0 amide bonds. The van der Waals surface area contributed by atoms with Gasteiger partial charge >= 0.3 is 0 Å². The summed E-state index contributed by atoms with van der Waals surface area (Å²) < 4.78 is 24.7. The van der Waals surface area contributed by atoms with Gasteiger partial charge < -0.3 is 10.6 Å². The Kier molecular flexibility index (Phi) is 7.05. The number of rotatable bonds is 7. The third-order valence-electron chi connectivity index (χ3n) is 4.52. The molecule has 0 aliphatic rings. The second-order valence-corrected chi connectivity index (χ2v) is 9.90. The molecule has 0 aliphatic carbocycles. The van der Waals surface area contributed by atoms with Gasteiger partial charge in [-0.25, -0.2) is 8.42 Å². The fraction of sp³-hybridized carbons (Fsp3) is 0.765. The summed E-state index contributed by atoms with van der Waals surface area (Å²) in [4.78, 5) is 4.48. The van der Waals surface area contributed by atoms with E-state index >= 15 is 0 Å². The van der Waals surface area contributed by atoms with Gasteiger partial charge in [0.15, 0.2) is 15.8 Å². The van der Waals surface area contributed by atoms with Crippen molar-refractivity contribution in [2.24, 2.45) is 12.0 Å². The van der Waals surface area contributed by atoms with Gasteiger partial charge in [0, 0.05) is 31.6 Å². The normalized spacial score (nSPS) is 14.5. The summed E-state index contributed by atoms with van der Waals surface area (Å²) in [5.74, 6) is 0.630. The van der Waals surface area contributed by atoms with Crippen molar-refractivity contribution in [1.82, 2.24) is 20.4 Å². The van der Waals surface area contributed by atoms with Crippen LogP contribution in [0.2, 0.25) is 0 Å². The van der Waals surface area contributed by atoms with Gasteiger partial charge in [-0.1, -0.05) is 0 Å². The molecule has 0 saturated heterocycles. The summed E-state index contributed by atoms with van der Waals surface area (Å²) in [5, 5.41) is 11.0. The van der Waals surface area contributed by atoms with E-state index in [2.05, 4.69) is 34.6 Å². The van der Waals surface area contributed by atoms with Crippen LogP contribution in [0.5, 0.6) is 0 Å². The van der Waals surface area contributed by atoms with Crippen molar-refractivity contribution >= 4 is 15.8 Å². The maximum atomic E-state index is 11.8. The van der Waals surface area contributed by atoms with E-state index < -0.39 is 14.6 Å². The van der Waals surface area contributed by atoms with Crippen LogP contribution in [0.1, 0.15) is 44.6 Å². The number of sulfone groups is 1. The van der Waals surface area contributed by atoms with E-state index in [0.29, 0.717) is 12.5 Å². The molecule has 1 aromatic rings. The lowest BCUT2D eigenvalue weighted by atomic mass is 10.1.